The predicted molar refractivity (Wildman–Crippen MR) is 445 cm³/mol. The Hall–Kier alpha value is -0.0306. The first-order valence-electron chi connectivity index (χ1n) is 38.6. The van der Waals surface area contributed by atoms with E-state index in [-0.39, 0.29) is 50.0 Å². The van der Waals surface area contributed by atoms with E-state index in [1.54, 1.807) is 60.8 Å². The third kappa shape index (κ3) is 21.4. The van der Waals surface area contributed by atoms with Gasteiger partial charge in [0.2, 0.25) is 0 Å². The number of benzene rings is 3. The fourth-order valence-corrected chi connectivity index (χ4v) is 24.6. The van der Waals surface area contributed by atoms with Gasteiger partial charge in [0, 0.05) is 10.8 Å². The van der Waals surface area contributed by atoms with E-state index in [0.29, 0.717) is 28.6 Å². The SMILES string of the molecule is C=CCCC1CC(C(c2ccccc2)(c2ccccc2)C2CCCC2)C2C=CC=CC12.C=CCCC1CC(C2(C3CCCC3)CCCC3CCCCC32)C2C=CC=CC12.CCCCC1CC(C2(C3CCCC3)CCCc3ccccc32)C2C=CC=CC12.[CH3-].[CH3-].[CH3-].[CH3-].[CH3-].[CH3-].[Cl][Zr+2][Cl].[Cl][Zr+2][Cl].[Cl][Zr+2][Cl]. The Morgan fingerprint density at radius 3 is 1.39 bits per heavy atom. The predicted octanol–water partition coefficient (Wildman–Crippen LogP) is 30.7. The van der Waals surface area contributed by atoms with E-state index in [2.05, 4.69) is 190 Å². The molecule has 15 rings (SSSR count). The molecule has 0 spiro atoms. The molecule has 0 N–H and O–H groups in total. The van der Waals surface area contributed by atoms with Crippen molar-refractivity contribution in [1.82, 2.24) is 0 Å². The van der Waals surface area contributed by atoms with E-state index >= 15 is 0 Å². The van der Waals surface area contributed by atoms with Crippen molar-refractivity contribution >= 4 is 51.1 Å². The van der Waals surface area contributed by atoms with Crippen molar-refractivity contribution in [2.24, 2.45) is 106 Å². The minimum atomic E-state index is -0.826. The van der Waals surface area contributed by atoms with Gasteiger partial charge >= 0.3 is 114 Å². The molecule has 0 bridgehead atoms. The molecule has 8 saturated carbocycles. The zero-order valence-electron chi connectivity index (χ0n) is 64.3. The van der Waals surface area contributed by atoms with Gasteiger partial charge in [0.1, 0.15) is 0 Å². The summed E-state index contributed by atoms with van der Waals surface area (Å²) < 4.78 is 0. The van der Waals surface area contributed by atoms with E-state index < -0.39 is 62.5 Å². The summed E-state index contributed by atoms with van der Waals surface area (Å²) >= 11 is -2.48. The summed E-state index contributed by atoms with van der Waals surface area (Å²) in [5.41, 5.74) is 7.78. The summed E-state index contributed by atoms with van der Waals surface area (Å²) in [4.78, 5) is 0. The Morgan fingerprint density at radius 1 is 0.431 bits per heavy atom. The molecule has 0 aliphatic heterocycles. The van der Waals surface area contributed by atoms with Gasteiger partial charge in [0.05, 0.1) is 0 Å². The third-order valence-corrected chi connectivity index (χ3v) is 27.8. The van der Waals surface area contributed by atoms with E-state index in [9.17, 15) is 0 Å². The molecule has 102 heavy (non-hydrogen) atoms. The Morgan fingerprint density at radius 2 is 0.853 bits per heavy atom. The number of fused-ring (bicyclic) bond motifs is 5. The average Bonchev–Trinajstić information content (AvgIpc) is 1.54. The molecule has 0 nitrogen and oxygen atoms in total. The Kier molecular flexibility index (Phi) is 45.0. The average molecular weight is 1740 g/mol. The van der Waals surface area contributed by atoms with Crippen LogP contribution in [-0.2, 0) is 79.8 Å². The van der Waals surface area contributed by atoms with E-state index in [0.717, 1.165) is 89.3 Å². The molecule has 9 heteroatoms. The minimum absolute atomic E-state index is 0. The number of hydrogen-bond donors (Lipinski definition) is 0. The van der Waals surface area contributed by atoms with Crippen molar-refractivity contribution in [3.8, 4) is 0 Å². The number of halogens is 6. The number of hydrogen-bond acceptors (Lipinski definition) is 0. The van der Waals surface area contributed by atoms with Gasteiger partial charge in [-0.05, 0) is 250 Å². The first-order chi connectivity index (χ1) is 47.3. The van der Waals surface area contributed by atoms with Crippen molar-refractivity contribution in [3.63, 3.8) is 0 Å². The van der Waals surface area contributed by atoms with Crippen molar-refractivity contribution in [2.45, 2.75) is 223 Å². The van der Waals surface area contributed by atoms with E-state index in [1.165, 1.54) is 161 Å². The van der Waals surface area contributed by atoms with Crippen molar-refractivity contribution < 1.29 is 62.5 Å². The summed E-state index contributed by atoms with van der Waals surface area (Å²) in [7, 11) is 29.6. The summed E-state index contributed by atoms with van der Waals surface area (Å²) in [5.74, 6) is 14.3. The van der Waals surface area contributed by atoms with Crippen LogP contribution in [0.15, 0.2) is 183 Å². The quantitative estimate of drug-likeness (QED) is 0.0933. The molecule has 3 aromatic rings. The first-order valence-corrected chi connectivity index (χ1v) is 57.6. The molecule has 12 aliphatic carbocycles. The molecular weight excluding hydrogens is 1600 g/mol. The summed E-state index contributed by atoms with van der Waals surface area (Å²) in [5, 5.41) is 0. The van der Waals surface area contributed by atoms with Crippen molar-refractivity contribution in [2.75, 3.05) is 0 Å². The number of unbranched alkanes of at least 4 members (excludes halogenated alkanes) is 1. The molecule has 0 heterocycles. The fourth-order valence-electron chi connectivity index (χ4n) is 24.6. The van der Waals surface area contributed by atoms with Crippen LogP contribution in [0, 0.1) is 151 Å². The summed E-state index contributed by atoms with van der Waals surface area (Å²) in [6.45, 7) is 10.4. The van der Waals surface area contributed by atoms with Crippen LogP contribution in [-0.4, -0.2) is 0 Å². The molecule has 0 radical (unpaired) electrons. The zero-order valence-corrected chi connectivity index (χ0v) is 76.2. The molecule has 0 aromatic heterocycles. The van der Waals surface area contributed by atoms with Crippen LogP contribution in [0.3, 0.4) is 0 Å². The first kappa shape index (κ1) is 94.3. The van der Waals surface area contributed by atoms with Crippen LogP contribution in [0.25, 0.3) is 0 Å². The Balaban J connectivity index is 0.000000298. The molecule has 12 aliphatic rings. The second-order valence-electron chi connectivity index (χ2n) is 31.4. The van der Waals surface area contributed by atoms with E-state index in [1.807, 2.05) is 0 Å². The van der Waals surface area contributed by atoms with Gasteiger partial charge in [-0.15, -0.1) is 13.2 Å². The van der Waals surface area contributed by atoms with Crippen molar-refractivity contribution in [3.05, 3.63) is 250 Å². The second kappa shape index (κ2) is 48.7. The fraction of sp³-hybridized carbons (Fsp3) is 0.570. The van der Waals surface area contributed by atoms with Crippen LogP contribution < -0.4 is 0 Å². The molecule has 3 aromatic carbocycles. The van der Waals surface area contributed by atoms with Crippen LogP contribution in [0.5, 0.6) is 0 Å². The van der Waals surface area contributed by atoms with Crippen molar-refractivity contribution in [1.29, 1.82) is 0 Å². The second-order valence-corrected chi connectivity index (χ2v) is 42.6. The van der Waals surface area contributed by atoms with Gasteiger partial charge in [-0.25, -0.2) is 0 Å². The molecule has 0 saturated heterocycles. The number of aryl methyl sites for hydroxylation is 1. The van der Waals surface area contributed by atoms with Gasteiger partial charge in [-0.3, -0.25) is 0 Å². The van der Waals surface area contributed by atoms with Gasteiger partial charge in [-0.2, -0.15) is 0 Å². The van der Waals surface area contributed by atoms with Crippen LogP contribution in [0.1, 0.15) is 228 Å². The van der Waals surface area contributed by atoms with Gasteiger partial charge < -0.3 is 44.6 Å². The summed E-state index contributed by atoms with van der Waals surface area (Å²) in [6, 6.07) is 32.8. The van der Waals surface area contributed by atoms with Crippen LogP contribution >= 0.6 is 51.1 Å². The molecular formula is C93H134Cl6Zr3. The maximum atomic E-state index is 4.93. The van der Waals surface area contributed by atoms with Gasteiger partial charge in [0.15, 0.2) is 0 Å². The third-order valence-electron chi connectivity index (χ3n) is 27.8. The van der Waals surface area contributed by atoms with Crippen LogP contribution in [0.4, 0.5) is 0 Å². The maximum absolute atomic E-state index is 4.93. The van der Waals surface area contributed by atoms with E-state index in [4.69, 9.17) is 51.1 Å². The van der Waals surface area contributed by atoms with Gasteiger partial charge in [0.25, 0.3) is 0 Å². The number of rotatable bonds is 17. The molecule has 16 unspecified atom stereocenters. The zero-order chi connectivity index (χ0) is 67.2. The Labute approximate surface area is 685 Å². The molecule has 0 amide bonds. The number of allylic oxidation sites excluding steroid dienone is 14. The molecule has 16 atom stereocenters. The molecule has 560 valence electrons. The van der Waals surface area contributed by atoms with Gasteiger partial charge in [-0.1, -0.05) is 260 Å². The topological polar surface area (TPSA) is 0 Å². The monoisotopic (exact) mass is 1730 g/mol. The standard InChI is InChI=1S/C31H36.C28H42.C28H38.6CH3.6ClH.3Zr/c1-2-3-14-24-23-30(29-22-13-12-21-28(24)29)31(27-19-10-11-20-27,25-15-6-4-7-16-25)26-17-8-5-9-18-26;2*1-2-3-11-22-20-27(25-17-8-7-16-24(22)25)28(23-14-5-6-15-23)19-10-13-21-12-4-9-18-26(21)28;;;;;;;;;;;;;;;/h2,4-9,12-13,15-18,21-22,24,27-30H,1,3,10-11,14,19-20,23H2;2,7-8,16-17,21-27H,1,3-6,9-15,18-20H2;4,7-9,12,16-18,22-25,27H,2-3,5-6,10-11,13-15,19-20H2,1H3;6*1H3;6*1H;;;/q;;;6*-1;;;;;;;3*+4/p-6. The molecule has 8 fully saturated rings. The Bertz CT molecular complexity index is 2930. The normalized spacial score (nSPS) is 31.6. The van der Waals surface area contributed by atoms with Crippen LogP contribution in [0.2, 0.25) is 0 Å². The summed E-state index contributed by atoms with van der Waals surface area (Å²) in [6.07, 6.45) is 79.8.